The van der Waals surface area contributed by atoms with Crippen LogP contribution in [0.4, 0.5) is 0 Å². The van der Waals surface area contributed by atoms with Crippen LogP contribution in [-0.4, -0.2) is 21.4 Å². The lowest BCUT2D eigenvalue weighted by molar-refractivity contribution is -0.116. The minimum atomic E-state index is -3.70. The van der Waals surface area contributed by atoms with Crippen LogP contribution in [0, 0.1) is 0 Å². The Balaban J connectivity index is 1.89. The van der Waals surface area contributed by atoms with E-state index in [-0.39, 0.29) is 17.3 Å². The topological polar surface area (TPSA) is 98.5 Å². The summed E-state index contributed by atoms with van der Waals surface area (Å²) in [5.41, 5.74) is 1.65. The van der Waals surface area contributed by atoms with Gasteiger partial charge in [0.25, 0.3) is 0 Å². The molecule has 126 valence electrons. The number of benzene rings is 2. The Kier molecular flexibility index (Phi) is 5.73. The standard InChI is InChI=1S/C17H18N2O4S/c1-23-15-7-2-13(3-8-15)6-11-17(20)19-12-14-4-9-16(10-5-14)24(18,21)22/h2-11H,12H2,1H3,(H,19,20)(H2,18,21,22). The highest BCUT2D eigenvalue weighted by molar-refractivity contribution is 7.89. The van der Waals surface area contributed by atoms with Gasteiger partial charge in [0, 0.05) is 12.6 Å². The van der Waals surface area contributed by atoms with Crippen LogP contribution >= 0.6 is 0 Å². The molecule has 6 nitrogen and oxygen atoms in total. The Bertz CT molecular complexity index is 826. The van der Waals surface area contributed by atoms with Crippen molar-refractivity contribution in [3.05, 3.63) is 65.7 Å². The van der Waals surface area contributed by atoms with Crippen molar-refractivity contribution in [2.24, 2.45) is 5.14 Å². The summed E-state index contributed by atoms with van der Waals surface area (Å²) in [7, 11) is -2.11. The van der Waals surface area contributed by atoms with Crippen molar-refractivity contribution in [2.75, 3.05) is 7.11 Å². The fraction of sp³-hybridized carbons (Fsp3) is 0.118. The molecule has 0 fully saturated rings. The van der Waals surface area contributed by atoms with Gasteiger partial charge in [-0.1, -0.05) is 24.3 Å². The molecule has 0 radical (unpaired) electrons. The fourth-order valence-electron chi connectivity index (χ4n) is 1.93. The minimum Gasteiger partial charge on any atom is -0.497 e. The second-order valence-corrected chi connectivity index (χ2v) is 6.57. The van der Waals surface area contributed by atoms with Crippen molar-refractivity contribution in [2.45, 2.75) is 11.4 Å². The predicted octanol–water partition coefficient (Wildman–Crippen LogP) is 1.67. The lowest BCUT2D eigenvalue weighted by Gasteiger charge is -2.04. The zero-order valence-electron chi connectivity index (χ0n) is 13.1. The lowest BCUT2D eigenvalue weighted by atomic mass is 10.2. The molecule has 0 spiro atoms. The van der Waals surface area contributed by atoms with Crippen LogP contribution in [0.2, 0.25) is 0 Å². The molecule has 24 heavy (non-hydrogen) atoms. The fourth-order valence-corrected chi connectivity index (χ4v) is 2.45. The molecule has 0 aliphatic carbocycles. The summed E-state index contributed by atoms with van der Waals surface area (Å²) in [5.74, 6) is 0.501. The van der Waals surface area contributed by atoms with Gasteiger partial charge >= 0.3 is 0 Å². The van der Waals surface area contributed by atoms with E-state index in [1.165, 1.54) is 18.2 Å². The van der Waals surface area contributed by atoms with Gasteiger partial charge in [0.05, 0.1) is 12.0 Å². The van der Waals surface area contributed by atoms with E-state index in [9.17, 15) is 13.2 Å². The first kappa shape index (κ1) is 17.7. The van der Waals surface area contributed by atoms with Crippen LogP contribution < -0.4 is 15.2 Å². The second-order valence-electron chi connectivity index (χ2n) is 5.01. The first-order valence-electron chi connectivity index (χ1n) is 7.10. The molecule has 0 aromatic heterocycles. The molecule has 0 atom stereocenters. The van der Waals surface area contributed by atoms with E-state index >= 15 is 0 Å². The SMILES string of the molecule is COc1ccc(C=CC(=O)NCc2ccc(S(N)(=O)=O)cc2)cc1. The molecule has 1 amide bonds. The summed E-state index contributed by atoms with van der Waals surface area (Å²) in [5, 5.41) is 7.75. The molecule has 7 heteroatoms. The third kappa shape index (κ3) is 5.22. The quantitative estimate of drug-likeness (QED) is 0.777. The monoisotopic (exact) mass is 346 g/mol. The molecular weight excluding hydrogens is 328 g/mol. The van der Waals surface area contributed by atoms with Crippen LogP contribution in [0.1, 0.15) is 11.1 Å². The molecule has 0 unspecified atom stereocenters. The van der Waals surface area contributed by atoms with Crippen molar-refractivity contribution in [3.8, 4) is 5.75 Å². The van der Waals surface area contributed by atoms with Gasteiger partial charge in [0.1, 0.15) is 5.75 Å². The maximum absolute atomic E-state index is 11.8. The highest BCUT2D eigenvalue weighted by Crippen LogP contribution is 2.12. The molecule has 0 heterocycles. The van der Waals surface area contributed by atoms with Gasteiger partial charge in [0.15, 0.2) is 0 Å². The smallest absolute Gasteiger partial charge is 0.244 e. The average molecular weight is 346 g/mol. The number of primary sulfonamides is 1. The van der Waals surface area contributed by atoms with Gasteiger partial charge < -0.3 is 10.1 Å². The highest BCUT2D eigenvalue weighted by atomic mass is 32.2. The number of carbonyl (C=O) groups excluding carboxylic acids is 1. The number of methoxy groups -OCH3 is 1. The number of carbonyl (C=O) groups is 1. The van der Waals surface area contributed by atoms with Crippen molar-refractivity contribution in [3.63, 3.8) is 0 Å². The summed E-state index contributed by atoms with van der Waals surface area (Å²) in [6.07, 6.45) is 3.12. The Morgan fingerprint density at radius 1 is 1.12 bits per heavy atom. The number of sulfonamides is 1. The van der Waals surface area contributed by atoms with Crippen LogP contribution in [0.25, 0.3) is 6.08 Å². The van der Waals surface area contributed by atoms with Crippen molar-refractivity contribution >= 4 is 22.0 Å². The van der Waals surface area contributed by atoms with E-state index in [0.717, 1.165) is 16.9 Å². The number of ether oxygens (including phenoxy) is 1. The Morgan fingerprint density at radius 2 is 1.75 bits per heavy atom. The average Bonchev–Trinajstić information content (AvgIpc) is 2.58. The summed E-state index contributed by atoms with van der Waals surface area (Å²) >= 11 is 0. The summed E-state index contributed by atoms with van der Waals surface area (Å²) < 4.78 is 27.4. The highest BCUT2D eigenvalue weighted by Gasteiger charge is 2.06. The molecule has 0 aliphatic rings. The van der Waals surface area contributed by atoms with Gasteiger partial charge in [-0.2, -0.15) is 0 Å². The largest absolute Gasteiger partial charge is 0.497 e. The molecule has 2 rings (SSSR count). The van der Waals surface area contributed by atoms with Gasteiger partial charge in [-0.25, -0.2) is 13.6 Å². The Hall–Kier alpha value is -2.64. The summed E-state index contributed by atoms with van der Waals surface area (Å²) in [4.78, 5) is 11.8. The van der Waals surface area contributed by atoms with Crippen LogP contribution in [-0.2, 0) is 21.4 Å². The molecule has 2 aromatic carbocycles. The van der Waals surface area contributed by atoms with Gasteiger partial charge in [0.2, 0.25) is 15.9 Å². The van der Waals surface area contributed by atoms with Crippen LogP contribution in [0.15, 0.2) is 59.5 Å². The normalized spacial score (nSPS) is 11.4. The van der Waals surface area contributed by atoms with Gasteiger partial charge in [-0.15, -0.1) is 0 Å². The second kappa shape index (κ2) is 7.76. The lowest BCUT2D eigenvalue weighted by Crippen LogP contribution is -2.20. The minimum absolute atomic E-state index is 0.0389. The molecule has 0 saturated heterocycles. The molecule has 2 aromatic rings. The number of amides is 1. The predicted molar refractivity (Wildman–Crippen MR) is 91.7 cm³/mol. The van der Waals surface area contributed by atoms with E-state index in [1.807, 2.05) is 24.3 Å². The number of rotatable bonds is 6. The number of nitrogens with one attached hydrogen (secondary N) is 1. The number of hydrogen-bond acceptors (Lipinski definition) is 4. The van der Waals surface area contributed by atoms with E-state index in [1.54, 1.807) is 25.3 Å². The first-order valence-corrected chi connectivity index (χ1v) is 8.65. The maximum Gasteiger partial charge on any atom is 0.244 e. The third-order valence-corrected chi connectivity index (χ3v) is 4.19. The van der Waals surface area contributed by atoms with Crippen LogP contribution in [0.5, 0.6) is 5.75 Å². The number of hydrogen-bond donors (Lipinski definition) is 2. The molecule has 0 aliphatic heterocycles. The third-order valence-electron chi connectivity index (χ3n) is 3.26. The molecular formula is C17H18N2O4S. The summed E-state index contributed by atoms with van der Waals surface area (Å²) in [6, 6.07) is 13.3. The van der Waals surface area contributed by atoms with E-state index in [0.29, 0.717) is 0 Å². The van der Waals surface area contributed by atoms with Gasteiger partial charge in [-0.3, -0.25) is 4.79 Å². The zero-order chi connectivity index (χ0) is 17.6. The zero-order valence-corrected chi connectivity index (χ0v) is 13.9. The molecule has 0 bridgehead atoms. The Labute approximate surface area is 141 Å². The molecule has 0 saturated carbocycles. The van der Waals surface area contributed by atoms with Crippen molar-refractivity contribution < 1.29 is 17.9 Å². The van der Waals surface area contributed by atoms with E-state index in [2.05, 4.69) is 5.32 Å². The van der Waals surface area contributed by atoms with Crippen LogP contribution in [0.3, 0.4) is 0 Å². The van der Waals surface area contributed by atoms with Crippen molar-refractivity contribution in [1.29, 1.82) is 0 Å². The van der Waals surface area contributed by atoms with Crippen molar-refractivity contribution in [1.82, 2.24) is 5.32 Å². The maximum atomic E-state index is 11.8. The van der Waals surface area contributed by atoms with Gasteiger partial charge in [-0.05, 0) is 41.5 Å². The van der Waals surface area contributed by atoms with E-state index < -0.39 is 10.0 Å². The Morgan fingerprint density at radius 3 is 2.29 bits per heavy atom. The molecule has 3 N–H and O–H groups in total. The van der Waals surface area contributed by atoms with E-state index in [4.69, 9.17) is 9.88 Å². The first-order chi connectivity index (χ1) is 11.4. The number of nitrogens with two attached hydrogens (primary N) is 1. The summed E-state index contributed by atoms with van der Waals surface area (Å²) in [6.45, 7) is 0.288.